The Balaban J connectivity index is 2.05. The zero-order chi connectivity index (χ0) is 11.6. The predicted octanol–water partition coefficient (Wildman–Crippen LogP) is 4.91. The van der Waals surface area contributed by atoms with Crippen molar-refractivity contribution in [2.75, 3.05) is 12.4 Å². The molecule has 0 aromatic heterocycles. The Morgan fingerprint density at radius 1 is 1.25 bits per heavy atom. The van der Waals surface area contributed by atoms with E-state index in [1.165, 1.54) is 50.7 Å². The van der Waals surface area contributed by atoms with Crippen LogP contribution in [0.5, 0.6) is 0 Å². The van der Waals surface area contributed by atoms with E-state index < -0.39 is 0 Å². The molecule has 2 atom stereocenters. The van der Waals surface area contributed by atoms with Crippen molar-refractivity contribution in [2.45, 2.75) is 70.1 Å². The lowest BCUT2D eigenvalue weighted by atomic mass is 10.1. The van der Waals surface area contributed by atoms with Crippen LogP contribution >= 0.6 is 21.6 Å². The molecule has 0 spiro atoms. The minimum Gasteiger partial charge on any atom is -0.377 e. The highest BCUT2D eigenvalue weighted by Gasteiger charge is 2.16. The van der Waals surface area contributed by atoms with Gasteiger partial charge in [-0.25, -0.2) is 0 Å². The average molecular weight is 262 g/mol. The van der Waals surface area contributed by atoms with Crippen molar-refractivity contribution in [1.82, 2.24) is 0 Å². The summed E-state index contributed by atoms with van der Waals surface area (Å²) >= 11 is 0. The summed E-state index contributed by atoms with van der Waals surface area (Å²) in [7, 11) is 4.15. The molecule has 0 radical (unpaired) electrons. The molecule has 1 fully saturated rings. The van der Waals surface area contributed by atoms with Gasteiger partial charge in [0.25, 0.3) is 0 Å². The molecule has 1 nitrogen and oxygen atoms in total. The van der Waals surface area contributed by atoms with Crippen molar-refractivity contribution in [3.8, 4) is 0 Å². The Hall–Kier alpha value is 0.660. The fraction of sp³-hybridized carbons (Fsp3) is 1.00. The van der Waals surface area contributed by atoms with Gasteiger partial charge < -0.3 is 4.74 Å². The molecular formula is C13H26OS2. The van der Waals surface area contributed by atoms with E-state index in [1.807, 2.05) is 10.8 Å². The highest BCUT2D eigenvalue weighted by molar-refractivity contribution is 8.76. The largest absolute Gasteiger partial charge is 0.377 e. The summed E-state index contributed by atoms with van der Waals surface area (Å²) in [5, 5.41) is 0.872. The molecule has 0 N–H and O–H groups in total. The van der Waals surface area contributed by atoms with Gasteiger partial charge in [0.15, 0.2) is 0 Å². The van der Waals surface area contributed by atoms with Crippen LogP contribution in [0.4, 0.5) is 0 Å². The normalized spacial score (nSPS) is 22.5. The molecule has 0 saturated carbocycles. The van der Waals surface area contributed by atoms with E-state index in [2.05, 4.69) is 24.6 Å². The lowest BCUT2D eigenvalue weighted by Gasteiger charge is -2.15. The highest BCUT2D eigenvalue weighted by atomic mass is 33.1. The zero-order valence-electron chi connectivity index (χ0n) is 10.7. The number of ether oxygens (including phenoxy) is 1. The van der Waals surface area contributed by atoms with Crippen LogP contribution in [0.1, 0.15) is 58.8 Å². The summed E-state index contributed by atoms with van der Waals surface area (Å²) in [5.74, 6) is 1.19. The highest BCUT2D eigenvalue weighted by Crippen LogP contribution is 2.34. The maximum Gasteiger partial charge on any atom is 0.0674 e. The van der Waals surface area contributed by atoms with Gasteiger partial charge in [0.1, 0.15) is 0 Å². The van der Waals surface area contributed by atoms with E-state index in [0.717, 1.165) is 11.9 Å². The van der Waals surface area contributed by atoms with Gasteiger partial charge >= 0.3 is 0 Å². The van der Waals surface area contributed by atoms with E-state index in [1.54, 1.807) is 0 Å². The third-order valence-electron chi connectivity index (χ3n) is 2.97. The summed E-state index contributed by atoms with van der Waals surface area (Å²) in [4.78, 5) is 0. The molecule has 0 amide bonds. The van der Waals surface area contributed by atoms with Crippen LogP contribution in [0, 0.1) is 0 Å². The third kappa shape index (κ3) is 6.41. The molecule has 0 aromatic rings. The molecule has 16 heavy (non-hydrogen) atoms. The fourth-order valence-electron chi connectivity index (χ4n) is 1.98. The van der Waals surface area contributed by atoms with Gasteiger partial charge in [-0.1, -0.05) is 54.7 Å². The van der Waals surface area contributed by atoms with Crippen molar-refractivity contribution in [2.24, 2.45) is 0 Å². The molecule has 0 aliphatic carbocycles. The first kappa shape index (κ1) is 14.7. The van der Waals surface area contributed by atoms with Crippen LogP contribution in [0.3, 0.4) is 0 Å². The van der Waals surface area contributed by atoms with Crippen molar-refractivity contribution in [3.05, 3.63) is 0 Å². The molecule has 1 rings (SSSR count). The fourth-order valence-corrected chi connectivity index (χ4v) is 5.11. The van der Waals surface area contributed by atoms with E-state index in [4.69, 9.17) is 4.74 Å². The first-order valence-electron chi connectivity index (χ1n) is 6.76. The monoisotopic (exact) mass is 262 g/mol. The molecule has 1 aliphatic rings. The first-order chi connectivity index (χ1) is 7.86. The maximum absolute atomic E-state index is 5.64. The first-order valence-corrected chi connectivity index (χ1v) is 9.14. The predicted molar refractivity (Wildman–Crippen MR) is 77.2 cm³/mol. The van der Waals surface area contributed by atoms with Gasteiger partial charge in [0.05, 0.1) is 6.10 Å². The Labute approximate surface area is 109 Å². The third-order valence-corrected chi connectivity index (χ3v) is 5.99. The van der Waals surface area contributed by atoms with Crippen LogP contribution in [0.2, 0.25) is 0 Å². The van der Waals surface area contributed by atoms with Crippen LogP contribution in [0.15, 0.2) is 0 Å². The number of hydrogen-bond acceptors (Lipinski definition) is 3. The average Bonchev–Trinajstić information content (AvgIpc) is 2.79. The summed E-state index contributed by atoms with van der Waals surface area (Å²) in [5.41, 5.74) is 0. The van der Waals surface area contributed by atoms with E-state index in [0.29, 0.717) is 6.10 Å². The molecule has 2 unspecified atom stereocenters. The summed E-state index contributed by atoms with van der Waals surface area (Å²) in [6.45, 7) is 5.57. The number of unbranched alkanes of at least 4 members (excludes halogenated alkanes) is 1. The smallest absolute Gasteiger partial charge is 0.0674 e. The standard InChI is InChI=1S/C13H26OS2/c1-3-5-9-13(7-4-2)16-15-11-12-8-6-10-14-12/h12-13H,3-11H2,1-2H3. The Kier molecular flexibility index (Phi) is 8.89. The Morgan fingerprint density at radius 3 is 2.75 bits per heavy atom. The molecule has 1 saturated heterocycles. The maximum atomic E-state index is 5.64. The lowest BCUT2D eigenvalue weighted by molar-refractivity contribution is 0.129. The second-order valence-electron chi connectivity index (χ2n) is 4.57. The Bertz CT molecular complexity index is 158. The van der Waals surface area contributed by atoms with Crippen molar-refractivity contribution >= 4 is 21.6 Å². The lowest BCUT2D eigenvalue weighted by Crippen LogP contribution is -2.08. The van der Waals surface area contributed by atoms with E-state index >= 15 is 0 Å². The molecular weight excluding hydrogens is 236 g/mol. The SMILES string of the molecule is CCCCC(CCC)SSCC1CCCO1. The molecule has 0 aromatic carbocycles. The molecule has 0 bridgehead atoms. The zero-order valence-corrected chi connectivity index (χ0v) is 12.4. The van der Waals surface area contributed by atoms with Crippen molar-refractivity contribution in [1.29, 1.82) is 0 Å². The molecule has 1 aliphatic heterocycles. The van der Waals surface area contributed by atoms with Gasteiger partial charge in [-0.05, 0) is 25.7 Å². The minimum absolute atomic E-state index is 0.547. The van der Waals surface area contributed by atoms with Crippen LogP contribution in [-0.4, -0.2) is 23.7 Å². The topological polar surface area (TPSA) is 9.23 Å². The van der Waals surface area contributed by atoms with Gasteiger partial charge in [0.2, 0.25) is 0 Å². The van der Waals surface area contributed by atoms with Crippen LogP contribution in [0.25, 0.3) is 0 Å². The molecule has 96 valence electrons. The van der Waals surface area contributed by atoms with Gasteiger partial charge in [-0.15, -0.1) is 0 Å². The Morgan fingerprint density at radius 2 is 2.12 bits per heavy atom. The van der Waals surface area contributed by atoms with Crippen LogP contribution in [-0.2, 0) is 4.74 Å². The van der Waals surface area contributed by atoms with Gasteiger partial charge in [-0.3, -0.25) is 0 Å². The van der Waals surface area contributed by atoms with E-state index in [9.17, 15) is 0 Å². The summed E-state index contributed by atoms with van der Waals surface area (Å²) in [6.07, 6.45) is 9.91. The van der Waals surface area contributed by atoms with E-state index in [-0.39, 0.29) is 0 Å². The molecule has 3 heteroatoms. The second kappa shape index (κ2) is 9.67. The van der Waals surface area contributed by atoms with Gasteiger partial charge in [0, 0.05) is 17.6 Å². The second-order valence-corrected chi connectivity index (χ2v) is 7.28. The van der Waals surface area contributed by atoms with Crippen LogP contribution < -0.4 is 0 Å². The number of hydrogen-bond donors (Lipinski definition) is 0. The van der Waals surface area contributed by atoms with Gasteiger partial charge in [-0.2, -0.15) is 0 Å². The summed E-state index contributed by atoms with van der Waals surface area (Å²) in [6, 6.07) is 0. The number of rotatable bonds is 9. The molecule has 1 heterocycles. The summed E-state index contributed by atoms with van der Waals surface area (Å²) < 4.78 is 5.64. The minimum atomic E-state index is 0.547. The van der Waals surface area contributed by atoms with Crippen molar-refractivity contribution in [3.63, 3.8) is 0 Å². The quantitative estimate of drug-likeness (QED) is 0.547. The van der Waals surface area contributed by atoms with Crippen molar-refractivity contribution < 1.29 is 4.74 Å².